The SMILES string of the molecule is c1ccc2c(c1)-c1ncccc1C21CCNCC1. The van der Waals surface area contributed by atoms with E-state index in [1.807, 2.05) is 6.20 Å². The van der Waals surface area contributed by atoms with Crippen LogP contribution in [0.5, 0.6) is 0 Å². The number of aromatic nitrogens is 1. The van der Waals surface area contributed by atoms with E-state index >= 15 is 0 Å². The van der Waals surface area contributed by atoms with E-state index in [2.05, 4.69) is 46.7 Å². The average Bonchev–Trinajstić information content (AvgIpc) is 2.72. The third kappa shape index (κ3) is 1.19. The minimum Gasteiger partial charge on any atom is -0.317 e. The number of nitrogens with one attached hydrogen (secondary N) is 1. The lowest BCUT2D eigenvalue weighted by atomic mass is 9.71. The van der Waals surface area contributed by atoms with Crippen LogP contribution >= 0.6 is 0 Å². The first-order valence-electron chi connectivity index (χ1n) is 6.68. The Morgan fingerprint density at radius 1 is 0.944 bits per heavy atom. The molecular formula is C16H16N2. The second-order valence-electron chi connectivity index (χ2n) is 5.28. The molecule has 0 radical (unpaired) electrons. The Morgan fingerprint density at radius 2 is 1.72 bits per heavy atom. The van der Waals surface area contributed by atoms with Crippen LogP contribution in [0.2, 0.25) is 0 Å². The van der Waals surface area contributed by atoms with Crippen LogP contribution in [-0.2, 0) is 5.41 Å². The van der Waals surface area contributed by atoms with E-state index in [9.17, 15) is 0 Å². The van der Waals surface area contributed by atoms with Crippen molar-refractivity contribution in [1.82, 2.24) is 10.3 Å². The summed E-state index contributed by atoms with van der Waals surface area (Å²) < 4.78 is 0. The molecular weight excluding hydrogens is 220 g/mol. The molecule has 1 aliphatic heterocycles. The first-order chi connectivity index (χ1) is 8.92. The highest BCUT2D eigenvalue weighted by Crippen LogP contribution is 2.52. The van der Waals surface area contributed by atoms with Crippen molar-refractivity contribution in [3.63, 3.8) is 0 Å². The summed E-state index contributed by atoms with van der Waals surface area (Å²) in [4.78, 5) is 4.63. The Bertz CT molecular complexity index is 550. The molecule has 2 aliphatic rings. The maximum Gasteiger partial charge on any atom is 0.0746 e. The van der Waals surface area contributed by atoms with Crippen molar-refractivity contribution in [1.29, 1.82) is 0 Å². The molecule has 90 valence electrons. The molecule has 1 fully saturated rings. The first kappa shape index (κ1) is 10.3. The second kappa shape index (κ2) is 3.66. The Kier molecular flexibility index (Phi) is 2.09. The van der Waals surface area contributed by atoms with Crippen LogP contribution in [-0.4, -0.2) is 18.1 Å². The lowest BCUT2D eigenvalue weighted by molar-refractivity contribution is 0.369. The van der Waals surface area contributed by atoms with Gasteiger partial charge in [0.1, 0.15) is 0 Å². The van der Waals surface area contributed by atoms with Gasteiger partial charge in [-0.2, -0.15) is 0 Å². The van der Waals surface area contributed by atoms with Gasteiger partial charge in [-0.05, 0) is 43.1 Å². The molecule has 1 aliphatic carbocycles. The van der Waals surface area contributed by atoms with Crippen molar-refractivity contribution in [2.24, 2.45) is 0 Å². The van der Waals surface area contributed by atoms with Crippen molar-refractivity contribution in [2.45, 2.75) is 18.3 Å². The standard InChI is InChI=1S/C16H16N2/c1-2-5-13-12(4-1)15-14(6-3-9-18-15)16(13)7-10-17-11-8-16/h1-6,9,17H,7-8,10-11H2. The fourth-order valence-electron chi connectivity index (χ4n) is 3.65. The van der Waals surface area contributed by atoms with E-state index < -0.39 is 0 Å². The fourth-order valence-corrected chi connectivity index (χ4v) is 3.65. The number of fused-ring (bicyclic) bond motifs is 5. The maximum atomic E-state index is 4.63. The molecule has 2 nitrogen and oxygen atoms in total. The fraction of sp³-hybridized carbons (Fsp3) is 0.312. The van der Waals surface area contributed by atoms with Gasteiger partial charge in [-0.15, -0.1) is 0 Å². The van der Waals surface area contributed by atoms with Crippen LogP contribution < -0.4 is 5.32 Å². The van der Waals surface area contributed by atoms with Crippen molar-refractivity contribution >= 4 is 0 Å². The molecule has 18 heavy (non-hydrogen) atoms. The zero-order valence-corrected chi connectivity index (χ0v) is 10.3. The van der Waals surface area contributed by atoms with Gasteiger partial charge in [-0.25, -0.2) is 0 Å². The number of piperidine rings is 1. The lowest BCUT2D eigenvalue weighted by Gasteiger charge is -2.35. The summed E-state index contributed by atoms with van der Waals surface area (Å²) in [7, 11) is 0. The average molecular weight is 236 g/mol. The van der Waals surface area contributed by atoms with E-state index in [0.29, 0.717) is 0 Å². The molecule has 0 unspecified atom stereocenters. The Balaban J connectivity index is 2.03. The van der Waals surface area contributed by atoms with Gasteiger partial charge in [-0.1, -0.05) is 30.3 Å². The van der Waals surface area contributed by atoms with Crippen LogP contribution in [0.3, 0.4) is 0 Å². The van der Waals surface area contributed by atoms with E-state index in [1.165, 1.54) is 35.2 Å². The molecule has 1 aromatic heterocycles. The van der Waals surface area contributed by atoms with Crippen molar-refractivity contribution in [3.8, 4) is 11.3 Å². The number of hydrogen-bond donors (Lipinski definition) is 1. The van der Waals surface area contributed by atoms with Gasteiger partial charge in [-0.3, -0.25) is 4.98 Å². The number of nitrogens with zero attached hydrogens (tertiary/aromatic N) is 1. The molecule has 2 heteroatoms. The number of benzene rings is 1. The van der Waals surface area contributed by atoms with Crippen LogP contribution in [0.15, 0.2) is 42.6 Å². The Hall–Kier alpha value is -1.67. The molecule has 2 aromatic rings. The van der Waals surface area contributed by atoms with Crippen LogP contribution in [0.1, 0.15) is 24.0 Å². The van der Waals surface area contributed by atoms with Gasteiger partial charge in [0.15, 0.2) is 0 Å². The van der Waals surface area contributed by atoms with Gasteiger partial charge >= 0.3 is 0 Å². The molecule has 0 atom stereocenters. The molecule has 1 spiro atoms. The largest absolute Gasteiger partial charge is 0.317 e. The number of hydrogen-bond acceptors (Lipinski definition) is 2. The van der Waals surface area contributed by atoms with Crippen molar-refractivity contribution in [3.05, 3.63) is 53.7 Å². The molecule has 0 saturated carbocycles. The molecule has 4 rings (SSSR count). The summed E-state index contributed by atoms with van der Waals surface area (Å²) in [5.41, 5.74) is 5.68. The lowest BCUT2D eigenvalue weighted by Crippen LogP contribution is -2.39. The van der Waals surface area contributed by atoms with Crippen LogP contribution in [0.4, 0.5) is 0 Å². The summed E-state index contributed by atoms with van der Waals surface area (Å²) in [5, 5.41) is 3.48. The summed E-state index contributed by atoms with van der Waals surface area (Å²) in [6, 6.07) is 13.1. The van der Waals surface area contributed by atoms with Gasteiger partial charge in [0.25, 0.3) is 0 Å². The normalized spacial score (nSPS) is 19.6. The molecule has 2 heterocycles. The summed E-state index contributed by atoms with van der Waals surface area (Å²) in [5.74, 6) is 0. The molecule has 1 aromatic carbocycles. The van der Waals surface area contributed by atoms with Crippen LogP contribution in [0, 0.1) is 0 Å². The smallest absolute Gasteiger partial charge is 0.0746 e. The monoisotopic (exact) mass is 236 g/mol. The maximum absolute atomic E-state index is 4.63. The third-order valence-corrected chi connectivity index (χ3v) is 4.48. The first-order valence-corrected chi connectivity index (χ1v) is 6.68. The van der Waals surface area contributed by atoms with E-state index in [4.69, 9.17) is 0 Å². The quantitative estimate of drug-likeness (QED) is 0.760. The van der Waals surface area contributed by atoms with Crippen molar-refractivity contribution < 1.29 is 0 Å². The summed E-state index contributed by atoms with van der Waals surface area (Å²) >= 11 is 0. The number of rotatable bonds is 0. The second-order valence-corrected chi connectivity index (χ2v) is 5.28. The third-order valence-electron chi connectivity index (χ3n) is 4.48. The minimum absolute atomic E-state index is 0.214. The van der Waals surface area contributed by atoms with Gasteiger partial charge in [0.05, 0.1) is 5.69 Å². The van der Waals surface area contributed by atoms with Crippen LogP contribution in [0.25, 0.3) is 11.3 Å². The highest BCUT2D eigenvalue weighted by atomic mass is 14.9. The van der Waals surface area contributed by atoms with E-state index in [-0.39, 0.29) is 5.41 Å². The molecule has 1 saturated heterocycles. The summed E-state index contributed by atoms with van der Waals surface area (Å²) in [6.45, 7) is 2.20. The van der Waals surface area contributed by atoms with Gasteiger partial charge in [0, 0.05) is 17.2 Å². The molecule has 1 N–H and O–H groups in total. The summed E-state index contributed by atoms with van der Waals surface area (Å²) in [6.07, 6.45) is 4.28. The molecule has 0 bridgehead atoms. The highest BCUT2D eigenvalue weighted by Gasteiger charge is 2.43. The Labute approximate surface area is 107 Å². The zero-order valence-electron chi connectivity index (χ0n) is 10.3. The predicted molar refractivity (Wildman–Crippen MR) is 72.6 cm³/mol. The van der Waals surface area contributed by atoms with Crippen molar-refractivity contribution in [2.75, 3.05) is 13.1 Å². The number of pyridine rings is 1. The predicted octanol–water partition coefficient (Wildman–Crippen LogP) is 2.73. The highest BCUT2D eigenvalue weighted by molar-refractivity contribution is 5.78. The Morgan fingerprint density at radius 3 is 2.61 bits per heavy atom. The van der Waals surface area contributed by atoms with E-state index in [1.54, 1.807) is 0 Å². The van der Waals surface area contributed by atoms with Gasteiger partial charge < -0.3 is 5.32 Å². The zero-order chi connectivity index (χ0) is 12.0. The van der Waals surface area contributed by atoms with Gasteiger partial charge in [0.2, 0.25) is 0 Å². The minimum atomic E-state index is 0.214. The van der Waals surface area contributed by atoms with E-state index in [0.717, 1.165) is 13.1 Å². The molecule has 0 amide bonds. The topological polar surface area (TPSA) is 24.9 Å².